The maximum Gasteiger partial charge on any atom is 0.235 e. The molecule has 2 aromatic rings. The van der Waals surface area contributed by atoms with Gasteiger partial charge in [0.05, 0.1) is 18.4 Å². The van der Waals surface area contributed by atoms with Crippen LogP contribution >= 0.6 is 23.1 Å². The van der Waals surface area contributed by atoms with Crippen LogP contribution in [-0.4, -0.2) is 18.8 Å². The highest BCUT2D eigenvalue weighted by Crippen LogP contribution is 2.39. The van der Waals surface area contributed by atoms with Gasteiger partial charge in [0.15, 0.2) is 0 Å². The molecule has 1 N–H and O–H groups in total. The minimum Gasteiger partial charge on any atom is -0.497 e. The van der Waals surface area contributed by atoms with Crippen LogP contribution < -0.4 is 10.1 Å². The molecule has 0 bridgehead atoms. The van der Waals surface area contributed by atoms with Gasteiger partial charge in [0.25, 0.3) is 0 Å². The third-order valence-electron chi connectivity index (χ3n) is 4.31. The first kappa shape index (κ1) is 17.8. The van der Waals surface area contributed by atoms with Crippen molar-refractivity contribution >= 4 is 34.0 Å². The summed E-state index contributed by atoms with van der Waals surface area (Å²) in [6, 6.07) is 9.91. The van der Waals surface area contributed by atoms with Gasteiger partial charge >= 0.3 is 0 Å². The quantitative estimate of drug-likeness (QED) is 0.786. The molecule has 1 aliphatic rings. The molecule has 1 aromatic heterocycles. The number of thioether (sulfide) groups is 1. The van der Waals surface area contributed by atoms with Crippen molar-refractivity contribution in [2.75, 3.05) is 18.2 Å². The van der Waals surface area contributed by atoms with Gasteiger partial charge in [-0.2, -0.15) is 5.26 Å². The Morgan fingerprint density at radius 1 is 1.44 bits per heavy atom. The fourth-order valence-electron chi connectivity index (χ4n) is 2.94. The van der Waals surface area contributed by atoms with Crippen molar-refractivity contribution in [2.45, 2.75) is 31.1 Å². The van der Waals surface area contributed by atoms with Crippen LogP contribution in [0.2, 0.25) is 0 Å². The molecule has 0 spiro atoms. The molecule has 3 rings (SSSR count). The average molecular weight is 373 g/mol. The van der Waals surface area contributed by atoms with Crippen LogP contribution in [0.5, 0.6) is 5.75 Å². The number of hydrogen-bond donors (Lipinski definition) is 1. The van der Waals surface area contributed by atoms with Crippen molar-refractivity contribution in [1.82, 2.24) is 0 Å². The third kappa shape index (κ3) is 4.17. The number of thiophene rings is 1. The maximum atomic E-state index is 12.3. The highest BCUT2D eigenvalue weighted by molar-refractivity contribution is 8.00. The van der Waals surface area contributed by atoms with E-state index in [-0.39, 0.29) is 5.91 Å². The summed E-state index contributed by atoms with van der Waals surface area (Å²) in [5, 5.41) is 13.1. The molecular formula is C19H20N2O2S2. The number of anilines is 1. The molecule has 1 atom stereocenters. The molecule has 0 fully saturated rings. The van der Waals surface area contributed by atoms with Gasteiger partial charge in [0.2, 0.25) is 5.91 Å². The number of carbonyl (C=O) groups is 1. The number of ether oxygens (including phenoxy) is 1. The predicted octanol–water partition coefficient (Wildman–Crippen LogP) is 4.48. The van der Waals surface area contributed by atoms with E-state index in [0.29, 0.717) is 22.2 Å². The Balaban J connectivity index is 1.64. The minimum atomic E-state index is -0.0797. The molecule has 130 valence electrons. The molecule has 25 heavy (non-hydrogen) atoms. The predicted molar refractivity (Wildman–Crippen MR) is 103 cm³/mol. The summed E-state index contributed by atoms with van der Waals surface area (Å²) in [4.78, 5) is 14.6. The van der Waals surface area contributed by atoms with E-state index in [1.165, 1.54) is 16.6 Å². The van der Waals surface area contributed by atoms with Gasteiger partial charge in [-0.15, -0.1) is 23.1 Å². The van der Waals surface area contributed by atoms with Gasteiger partial charge in [0, 0.05) is 9.77 Å². The number of benzene rings is 1. The lowest BCUT2D eigenvalue weighted by Crippen LogP contribution is -2.14. The highest BCUT2D eigenvalue weighted by Gasteiger charge is 2.24. The zero-order valence-corrected chi connectivity index (χ0v) is 15.9. The van der Waals surface area contributed by atoms with Crippen LogP contribution in [-0.2, 0) is 17.6 Å². The van der Waals surface area contributed by atoms with Crippen LogP contribution in [0.3, 0.4) is 0 Å². The highest BCUT2D eigenvalue weighted by atomic mass is 32.2. The standard InChI is InChI=1S/C19H20N2O2S2/c1-12-3-8-15-16(10-20)19(25-17(15)9-12)21-18(22)11-24-14-6-4-13(23-2)5-7-14/h4-7,12H,3,8-9,11H2,1-2H3,(H,21,22). The lowest BCUT2D eigenvalue weighted by atomic mass is 9.89. The molecule has 0 saturated carbocycles. The van der Waals surface area contributed by atoms with Crippen molar-refractivity contribution in [3.8, 4) is 11.8 Å². The molecule has 1 aromatic carbocycles. The Kier molecular flexibility index (Phi) is 5.67. The summed E-state index contributed by atoms with van der Waals surface area (Å²) in [6.07, 6.45) is 3.05. The Morgan fingerprint density at radius 3 is 2.88 bits per heavy atom. The lowest BCUT2D eigenvalue weighted by Gasteiger charge is -2.17. The first-order chi connectivity index (χ1) is 12.1. The minimum absolute atomic E-state index is 0.0797. The van der Waals surface area contributed by atoms with E-state index in [0.717, 1.165) is 35.5 Å². The number of nitriles is 1. The number of carbonyl (C=O) groups excluding carboxylic acids is 1. The summed E-state index contributed by atoms with van der Waals surface area (Å²) < 4.78 is 5.13. The average Bonchev–Trinajstić information content (AvgIpc) is 2.96. The van der Waals surface area contributed by atoms with Crippen LogP contribution in [0.15, 0.2) is 29.2 Å². The first-order valence-corrected chi connectivity index (χ1v) is 10.0. The van der Waals surface area contributed by atoms with Crippen LogP contribution in [0.4, 0.5) is 5.00 Å². The summed E-state index contributed by atoms with van der Waals surface area (Å²) in [7, 11) is 1.63. The van der Waals surface area contributed by atoms with E-state index in [9.17, 15) is 10.1 Å². The number of fused-ring (bicyclic) bond motifs is 1. The van der Waals surface area contributed by atoms with Crippen molar-refractivity contribution in [2.24, 2.45) is 5.92 Å². The molecule has 1 unspecified atom stereocenters. The lowest BCUT2D eigenvalue weighted by molar-refractivity contribution is -0.113. The van der Waals surface area contributed by atoms with Crippen molar-refractivity contribution in [3.05, 3.63) is 40.3 Å². The zero-order valence-electron chi connectivity index (χ0n) is 14.3. The monoisotopic (exact) mass is 372 g/mol. The molecule has 4 nitrogen and oxygen atoms in total. The Hall–Kier alpha value is -1.97. The molecule has 0 saturated heterocycles. The molecule has 0 radical (unpaired) electrons. The summed E-state index contributed by atoms with van der Waals surface area (Å²) in [5.41, 5.74) is 1.80. The summed E-state index contributed by atoms with van der Waals surface area (Å²) in [6.45, 7) is 2.23. The van der Waals surface area contributed by atoms with Crippen molar-refractivity contribution < 1.29 is 9.53 Å². The van der Waals surface area contributed by atoms with Gasteiger partial charge in [-0.05, 0) is 55.0 Å². The molecule has 0 aliphatic heterocycles. The van der Waals surface area contributed by atoms with Crippen molar-refractivity contribution in [1.29, 1.82) is 5.26 Å². The number of nitrogens with one attached hydrogen (secondary N) is 1. The van der Waals surface area contributed by atoms with Gasteiger partial charge in [-0.25, -0.2) is 0 Å². The number of hydrogen-bond acceptors (Lipinski definition) is 5. The van der Waals surface area contributed by atoms with Gasteiger partial charge in [0.1, 0.15) is 16.8 Å². The second kappa shape index (κ2) is 7.94. The third-order valence-corrected chi connectivity index (χ3v) is 6.49. The van der Waals surface area contributed by atoms with Gasteiger partial charge in [-0.1, -0.05) is 6.92 Å². The number of nitrogens with zero attached hydrogens (tertiary/aromatic N) is 1. The van der Waals surface area contributed by atoms with Crippen LogP contribution in [0, 0.1) is 17.2 Å². The van der Waals surface area contributed by atoms with Gasteiger partial charge in [-0.3, -0.25) is 4.79 Å². The summed E-state index contributed by atoms with van der Waals surface area (Å²) in [5.74, 6) is 1.68. The molecule has 1 aliphatic carbocycles. The number of rotatable bonds is 5. The maximum absolute atomic E-state index is 12.3. The van der Waals surface area contributed by atoms with Crippen LogP contribution in [0.1, 0.15) is 29.3 Å². The molecular weight excluding hydrogens is 352 g/mol. The normalized spacial score (nSPS) is 16.0. The Bertz CT molecular complexity index is 806. The smallest absolute Gasteiger partial charge is 0.235 e. The Labute approximate surface area is 156 Å². The second-order valence-corrected chi connectivity index (χ2v) is 8.33. The van der Waals surface area contributed by atoms with Crippen LogP contribution in [0.25, 0.3) is 0 Å². The summed E-state index contributed by atoms with van der Waals surface area (Å²) >= 11 is 3.03. The topological polar surface area (TPSA) is 62.1 Å². The second-order valence-electron chi connectivity index (χ2n) is 6.18. The van der Waals surface area contributed by atoms with E-state index in [1.807, 2.05) is 24.3 Å². The first-order valence-electron chi connectivity index (χ1n) is 8.22. The molecule has 1 heterocycles. The van der Waals surface area contributed by atoms with Gasteiger partial charge < -0.3 is 10.1 Å². The number of methoxy groups -OCH3 is 1. The zero-order chi connectivity index (χ0) is 17.8. The SMILES string of the molecule is COc1ccc(SCC(=O)Nc2sc3c(c2C#N)CCC(C)C3)cc1. The molecule has 6 heteroatoms. The fraction of sp³-hybridized carbons (Fsp3) is 0.368. The van der Waals surface area contributed by atoms with E-state index in [1.54, 1.807) is 18.4 Å². The van der Waals surface area contributed by atoms with E-state index in [2.05, 4.69) is 18.3 Å². The van der Waals surface area contributed by atoms with E-state index >= 15 is 0 Å². The Morgan fingerprint density at radius 2 is 2.20 bits per heavy atom. The van der Waals surface area contributed by atoms with E-state index in [4.69, 9.17) is 4.74 Å². The fourth-order valence-corrected chi connectivity index (χ4v) is 5.02. The van der Waals surface area contributed by atoms with E-state index < -0.39 is 0 Å². The largest absolute Gasteiger partial charge is 0.497 e. The molecule has 1 amide bonds. The number of amides is 1. The van der Waals surface area contributed by atoms with Crippen molar-refractivity contribution in [3.63, 3.8) is 0 Å².